The molecular weight excluding hydrogens is 282 g/mol. The van der Waals surface area contributed by atoms with Crippen LogP contribution in [0.5, 0.6) is 0 Å². The molecule has 6 heteroatoms. The average Bonchev–Trinajstić information content (AvgIpc) is 2.34. The van der Waals surface area contributed by atoms with Crippen LogP contribution < -0.4 is 16.6 Å². The van der Waals surface area contributed by atoms with E-state index in [9.17, 15) is 0 Å². The summed E-state index contributed by atoms with van der Waals surface area (Å²) < 4.78 is 0.972. The van der Waals surface area contributed by atoms with Gasteiger partial charge in [0, 0.05) is 10.0 Å². The number of hydrogen-bond donors (Lipinski definition) is 3. The van der Waals surface area contributed by atoms with E-state index >= 15 is 0 Å². The highest BCUT2D eigenvalue weighted by Crippen LogP contribution is 2.27. The first kappa shape index (κ1) is 11.8. The Morgan fingerprint density at radius 3 is 2.59 bits per heavy atom. The molecule has 0 spiro atoms. The summed E-state index contributed by atoms with van der Waals surface area (Å²) in [6.45, 7) is 1.90. The molecule has 88 valence electrons. The summed E-state index contributed by atoms with van der Waals surface area (Å²) >= 11 is 3.47. The lowest BCUT2D eigenvalue weighted by Crippen LogP contribution is -2.11. The Labute approximate surface area is 108 Å². The van der Waals surface area contributed by atoms with Crippen LogP contribution in [0.1, 0.15) is 5.56 Å². The van der Waals surface area contributed by atoms with Crippen LogP contribution in [0.15, 0.2) is 35.1 Å². The Morgan fingerprint density at radius 1 is 1.18 bits per heavy atom. The third-order valence-electron chi connectivity index (χ3n) is 2.35. The average molecular weight is 294 g/mol. The summed E-state index contributed by atoms with van der Waals surface area (Å²) in [4.78, 5) is 8.21. The number of nitrogens with one attached hydrogen (secondary N) is 2. The minimum atomic E-state index is 0.606. The first-order valence-corrected chi connectivity index (χ1v) is 5.81. The predicted octanol–water partition coefficient (Wildman–Crippen LogP) is 2.58. The number of para-hydroxylation sites is 1. The Bertz CT molecular complexity index is 529. The highest BCUT2D eigenvalue weighted by molar-refractivity contribution is 9.10. The number of benzene rings is 1. The van der Waals surface area contributed by atoms with Crippen molar-refractivity contribution in [1.29, 1.82) is 0 Å². The van der Waals surface area contributed by atoms with E-state index < -0.39 is 0 Å². The fourth-order valence-corrected chi connectivity index (χ4v) is 1.80. The van der Waals surface area contributed by atoms with Crippen LogP contribution in [-0.4, -0.2) is 9.97 Å². The molecule has 0 fully saturated rings. The minimum absolute atomic E-state index is 0.606. The van der Waals surface area contributed by atoms with Crippen molar-refractivity contribution in [2.24, 2.45) is 5.84 Å². The number of rotatable bonds is 3. The van der Waals surface area contributed by atoms with Gasteiger partial charge >= 0.3 is 0 Å². The molecule has 5 nitrogen and oxygen atoms in total. The molecule has 0 radical (unpaired) electrons. The maximum atomic E-state index is 5.37. The van der Waals surface area contributed by atoms with Crippen molar-refractivity contribution in [1.82, 2.24) is 9.97 Å². The Kier molecular flexibility index (Phi) is 3.55. The second-order valence-corrected chi connectivity index (χ2v) is 4.30. The molecular formula is C11H12BrN5. The minimum Gasteiger partial charge on any atom is -0.339 e. The molecule has 0 bridgehead atoms. The van der Waals surface area contributed by atoms with Gasteiger partial charge in [-0.25, -0.2) is 15.8 Å². The van der Waals surface area contributed by atoms with E-state index in [0.717, 1.165) is 21.5 Å². The zero-order valence-electron chi connectivity index (χ0n) is 9.24. The van der Waals surface area contributed by atoms with Gasteiger partial charge in [-0.3, -0.25) is 0 Å². The molecule has 2 rings (SSSR count). The van der Waals surface area contributed by atoms with Crippen molar-refractivity contribution < 1.29 is 0 Å². The molecule has 1 aromatic heterocycles. The predicted molar refractivity (Wildman–Crippen MR) is 72.0 cm³/mol. The van der Waals surface area contributed by atoms with Crippen molar-refractivity contribution in [3.8, 4) is 0 Å². The van der Waals surface area contributed by atoms with Crippen LogP contribution in [0, 0.1) is 6.92 Å². The molecule has 0 aliphatic heterocycles. The molecule has 0 amide bonds. The standard InChI is InChI=1S/C11H12BrN5/c1-7-10(14-6-15-11(7)17-13)16-9-5-3-2-4-8(9)12/h2-6H,13H2,1H3,(H2,14,15,16,17). The summed E-state index contributed by atoms with van der Waals surface area (Å²) in [5.74, 6) is 6.69. The highest BCUT2D eigenvalue weighted by Gasteiger charge is 2.07. The fraction of sp³-hybridized carbons (Fsp3) is 0.0909. The van der Waals surface area contributed by atoms with E-state index in [0.29, 0.717) is 5.82 Å². The van der Waals surface area contributed by atoms with Crippen LogP contribution in [0.2, 0.25) is 0 Å². The van der Waals surface area contributed by atoms with Gasteiger partial charge in [0.1, 0.15) is 18.0 Å². The van der Waals surface area contributed by atoms with Crippen LogP contribution in [-0.2, 0) is 0 Å². The molecule has 1 aromatic carbocycles. The molecule has 17 heavy (non-hydrogen) atoms. The van der Waals surface area contributed by atoms with Gasteiger partial charge in [0.2, 0.25) is 0 Å². The van der Waals surface area contributed by atoms with Crippen LogP contribution in [0.25, 0.3) is 0 Å². The largest absolute Gasteiger partial charge is 0.339 e. The maximum absolute atomic E-state index is 5.37. The van der Waals surface area contributed by atoms with Crippen LogP contribution in [0.4, 0.5) is 17.3 Å². The van der Waals surface area contributed by atoms with Gasteiger partial charge in [-0.1, -0.05) is 12.1 Å². The number of nitrogens with two attached hydrogens (primary N) is 1. The number of hydrazine groups is 1. The van der Waals surface area contributed by atoms with Crippen LogP contribution >= 0.6 is 15.9 Å². The van der Waals surface area contributed by atoms with Gasteiger partial charge in [-0.15, -0.1) is 0 Å². The Balaban J connectivity index is 2.34. The lowest BCUT2D eigenvalue weighted by Gasteiger charge is -2.11. The number of aromatic nitrogens is 2. The highest BCUT2D eigenvalue weighted by atomic mass is 79.9. The summed E-state index contributed by atoms with van der Waals surface area (Å²) in [6.07, 6.45) is 1.46. The van der Waals surface area contributed by atoms with Crippen molar-refractivity contribution in [3.63, 3.8) is 0 Å². The third-order valence-corrected chi connectivity index (χ3v) is 3.04. The van der Waals surface area contributed by atoms with Gasteiger partial charge in [0.25, 0.3) is 0 Å². The molecule has 0 saturated heterocycles. The van der Waals surface area contributed by atoms with E-state index in [2.05, 4.69) is 36.6 Å². The quantitative estimate of drug-likeness (QED) is 0.599. The van der Waals surface area contributed by atoms with Gasteiger partial charge < -0.3 is 10.7 Å². The summed E-state index contributed by atoms with van der Waals surface area (Å²) in [7, 11) is 0. The molecule has 0 saturated carbocycles. The topological polar surface area (TPSA) is 75.9 Å². The molecule has 0 aliphatic carbocycles. The van der Waals surface area contributed by atoms with Gasteiger partial charge in [0.15, 0.2) is 0 Å². The molecule has 0 unspecified atom stereocenters. The molecule has 0 aliphatic rings. The number of hydrogen-bond acceptors (Lipinski definition) is 5. The molecule has 4 N–H and O–H groups in total. The summed E-state index contributed by atoms with van der Waals surface area (Å²) in [6, 6.07) is 7.82. The van der Waals surface area contributed by atoms with E-state index in [-0.39, 0.29) is 0 Å². The van der Waals surface area contributed by atoms with Crippen LogP contribution in [0.3, 0.4) is 0 Å². The molecule has 0 atom stereocenters. The maximum Gasteiger partial charge on any atom is 0.148 e. The first-order chi connectivity index (χ1) is 8.22. The summed E-state index contributed by atoms with van der Waals surface area (Å²) in [5.41, 5.74) is 4.34. The van der Waals surface area contributed by atoms with Crippen molar-refractivity contribution >= 4 is 33.3 Å². The number of anilines is 3. The lowest BCUT2D eigenvalue weighted by atomic mass is 10.3. The number of halogens is 1. The first-order valence-electron chi connectivity index (χ1n) is 5.02. The van der Waals surface area contributed by atoms with Gasteiger partial charge in [-0.05, 0) is 35.0 Å². The Hall–Kier alpha value is -1.66. The number of nitrogen functional groups attached to an aromatic ring is 1. The van der Waals surface area contributed by atoms with Crippen molar-refractivity contribution in [2.75, 3.05) is 10.7 Å². The zero-order valence-corrected chi connectivity index (χ0v) is 10.8. The summed E-state index contributed by atoms with van der Waals surface area (Å²) in [5, 5.41) is 3.22. The fourth-order valence-electron chi connectivity index (χ4n) is 1.41. The second-order valence-electron chi connectivity index (χ2n) is 3.45. The number of nitrogens with zero attached hydrogens (tertiary/aromatic N) is 2. The van der Waals surface area contributed by atoms with E-state index in [1.807, 2.05) is 31.2 Å². The molecule has 2 aromatic rings. The van der Waals surface area contributed by atoms with Crippen molar-refractivity contribution in [3.05, 3.63) is 40.6 Å². The zero-order chi connectivity index (χ0) is 12.3. The van der Waals surface area contributed by atoms with E-state index in [1.54, 1.807) is 0 Å². The SMILES string of the molecule is Cc1c(NN)ncnc1Nc1ccccc1Br. The third kappa shape index (κ3) is 2.54. The van der Waals surface area contributed by atoms with Gasteiger partial charge in [-0.2, -0.15) is 0 Å². The monoisotopic (exact) mass is 293 g/mol. The van der Waals surface area contributed by atoms with Crippen molar-refractivity contribution in [2.45, 2.75) is 6.92 Å². The van der Waals surface area contributed by atoms with Gasteiger partial charge in [0.05, 0.1) is 5.69 Å². The van der Waals surface area contributed by atoms with E-state index in [4.69, 9.17) is 5.84 Å². The second kappa shape index (κ2) is 5.11. The normalized spacial score (nSPS) is 10.1. The Morgan fingerprint density at radius 2 is 1.88 bits per heavy atom. The smallest absolute Gasteiger partial charge is 0.148 e. The lowest BCUT2D eigenvalue weighted by molar-refractivity contribution is 1.10. The van der Waals surface area contributed by atoms with E-state index in [1.165, 1.54) is 6.33 Å². The molecule has 1 heterocycles.